The average Bonchev–Trinajstić information content (AvgIpc) is 2.53. The highest BCUT2D eigenvalue weighted by molar-refractivity contribution is 5.66. The molecule has 0 aromatic heterocycles. The van der Waals surface area contributed by atoms with Gasteiger partial charge in [-0.1, -0.05) is 55.0 Å². The third-order valence-electron chi connectivity index (χ3n) is 3.28. The Morgan fingerprint density at radius 2 is 1.30 bits per heavy atom. The molecule has 0 aliphatic carbocycles. The average molecular weight is 320 g/mol. The second-order valence-corrected chi connectivity index (χ2v) is 5.47. The number of aliphatic hydroxyl groups excluding tert-OH is 1. The molecule has 0 radical (unpaired) electrons. The van der Waals surface area contributed by atoms with Crippen LogP contribution in [-0.2, 0) is 4.79 Å². The van der Waals surface area contributed by atoms with Gasteiger partial charge in [0.15, 0.2) is 0 Å². The molecule has 0 spiro atoms. The zero-order chi connectivity index (χ0) is 17.0. The number of carboxylic acid groups (broad SMARTS) is 1. The molecule has 0 aliphatic heterocycles. The highest BCUT2D eigenvalue weighted by atomic mass is 16.4. The van der Waals surface area contributed by atoms with Gasteiger partial charge in [0.2, 0.25) is 0 Å². The molecule has 0 aromatic rings. The summed E-state index contributed by atoms with van der Waals surface area (Å²) in [6, 6.07) is 0. The van der Waals surface area contributed by atoms with E-state index in [2.05, 4.69) is 30.4 Å². The molecule has 2 N–H and O–H groups in total. The summed E-state index contributed by atoms with van der Waals surface area (Å²) in [5.41, 5.74) is 0. The number of rotatable bonds is 15. The number of carboxylic acids is 1. The molecule has 0 unspecified atom stereocenters. The Labute approximate surface area is 141 Å². The lowest BCUT2D eigenvalue weighted by Gasteiger charge is -1.93. The van der Waals surface area contributed by atoms with E-state index in [4.69, 9.17) is 10.2 Å². The summed E-state index contributed by atoms with van der Waals surface area (Å²) in [6.45, 7) is 0.307. The van der Waals surface area contributed by atoms with Gasteiger partial charge in [-0.15, -0.1) is 0 Å². The normalized spacial score (nSPS) is 12.4. The molecule has 0 aromatic carbocycles. The first kappa shape index (κ1) is 21.4. The first-order valence-electron chi connectivity index (χ1n) is 8.71. The molecule has 3 heteroatoms. The zero-order valence-corrected chi connectivity index (χ0v) is 14.2. The number of carbonyl (C=O) groups is 1. The summed E-state index contributed by atoms with van der Waals surface area (Å²) >= 11 is 0. The molecule has 23 heavy (non-hydrogen) atoms. The predicted molar refractivity (Wildman–Crippen MR) is 97.5 cm³/mol. The number of aliphatic hydroxyl groups is 1. The molecule has 0 fully saturated rings. The highest BCUT2D eigenvalue weighted by Gasteiger charge is 1.92. The third kappa shape index (κ3) is 20.4. The first-order valence-corrected chi connectivity index (χ1v) is 8.71. The van der Waals surface area contributed by atoms with E-state index in [9.17, 15) is 4.79 Å². The molecule has 0 saturated carbocycles. The monoisotopic (exact) mass is 320 g/mol. The van der Waals surface area contributed by atoms with Crippen LogP contribution in [0.1, 0.15) is 64.2 Å². The molecule has 0 heterocycles. The van der Waals surface area contributed by atoms with Crippen molar-refractivity contribution in [2.45, 2.75) is 64.2 Å². The lowest BCUT2D eigenvalue weighted by molar-refractivity contribution is -0.137. The Morgan fingerprint density at radius 1 is 0.696 bits per heavy atom. The van der Waals surface area contributed by atoms with Gasteiger partial charge in [0, 0.05) is 13.0 Å². The maximum Gasteiger partial charge on any atom is 0.303 e. The molecule has 0 bridgehead atoms. The minimum absolute atomic E-state index is 0.246. The zero-order valence-electron chi connectivity index (χ0n) is 14.2. The van der Waals surface area contributed by atoms with Gasteiger partial charge in [-0.2, -0.15) is 0 Å². The molecular formula is C20H32O3. The fourth-order valence-corrected chi connectivity index (χ4v) is 1.97. The van der Waals surface area contributed by atoms with Crippen LogP contribution >= 0.6 is 0 Å². The van der Waals surface area contributed by atoms with Crippen LogP contribution in [0, 0.1) is 0 Å². The Hall–Kier alpha value is -1.61. The summed E-state index contributed by atoms with van der Waals surface area (Å²) in [6.07, 6.45) is 26.1. The van der Waals surface area contributed by atoms with Gasteiger partial charge < -0.3 is 10.2 Å². The second kappa shape index (κ2) is 18.4. The number of hydrogen-bond acceptors (Lipinski definition) is 2. The van der Waals surface area contributed by atoms with Crippen LogP contribution in [0.2, 0.25) is 0 Å². The van der Waals surface area contributed by atoms with Gasteiger partial charge in [0.05, 0.1) is 0 Å². The Balaban J connectivity index is 3.39. The maximum absolute atomic E-state index is 10.3. The van der Waals surface area contributed by atoms with Crippen molar-refractivity contribution in [3.8, 4) is 0 Å². The van der Waals surface area contributed by atoms with Gasteiger partial charge in [-0.3, -0.25) is 4.79 Å². The highest BCUT2D eigenvalue weighted by Crippen LogP contribution is 2.01. The summed E-state index contributed by atoms with van der Waals surface area (Å²) < 4.78 is 0. The Kier molecular flexibility index (Phi) is 17.1. The van der Waals surface area contributed by atoms with Gasteiger partial charge >= 0.3 is 5.97 Å². The SMILES string of the molecule is O=C(O)CCC/C=C\C=C/CC/C=C\C/C=C\CCCCCO. The number of allylic oxidation sites excluding steroid dienone is 8. The predicted octanol–water partition coefficient (Wildman–Crippen LogP) is 5.19. The Bertz CT molecular complexity index is 378. The van der Waals surface area contributed by atoms with Crippen molar-refractivity contribution in [2.24, 2.45) is 0 Å². The molecule has 0 amide bonds. The fourth-order valence-electron chi connectivity index (χ4n) is 1.97. The van der Waals surface area contributed by atoms with Crippen molar-refractivity contribution in [3.63, 3.8) is 0 Å². The summed E-state index contributed by atoms with van der Waals surface area (Å²) in [7, 11) is 0. The summed E-state index contributed by atoms with van der Waals surface area (Å²) in [4.78, 5) is 10.3. The number of hydrogen-bond donors (Lipinski definition) is 2. The van der Waals surface area contributed by atoms with Crippen LogP contribution in [0.15, 0.2) is 48.6 Å². The molecular weight excluding hydrogens is 288 g/mol. The number of unbranched alkanes of at least 4 members (excludes halogenated alkanes) is 5. The molecule has 130 valence electrons. The number of aliphatic carboxylic acids is 1. The van der Waals surface area contributed by atoms with E-state index in [1.165, 1.54) is 0 Å². The van der Waals surface area contributed by atoms with E-state index in [-0.39, 0.29) is 6.42 Å². The van der Waals surface area contributed by atoms with Crippen molar-refractivity contribution < 1.29 is 15.0 Å². The quantitative estimate of drug-likeness (QED) is 0.248. The fraction of sp³-hybridized carbons (Fsp3) is 0.550. The van der Waals surface area contributed by atoms with Crippen LogP contribution in [-0.4, -0.2) is 22.8 Å². The topological polar surface area (TPSA) is 57.5 Å². The second-order valence-electron chi connectivity index (χ2n) is 5.47. The van der Waals surface area contributed by atoms with Crippen molar-refractivity contribution in [3.05, 3.63) is 48.6 Å². The van der Waals surface area contributed by atoms with E-state index in [1.807, 2.05) is 18.2 Å². The standard InChI is InChI=1S/C20H32O3/c21-19-17-15-13-11-9-7-5-3-1-2-4-6-8-10-12-14-16-18-20(22)23/h1,3,6-10,12,21H,2,4-5,11,13-19H2,(H,22,23)/b3-1-,8-6-,9-7-,12-10-. The van der Waals surface area contributed by atoms with Crippen molar-refractivity contribution in [1.82, 2.24) is 0 Å². The van der Waals surface area contributed by atoms with E-state index >= 15 is 0 Å². The lowest BCUT2D eigenvalue weighted by Crippen LogP contribution is -1.92. The molecule has 0 saturated heterocycles. The first-order chi connectivity index (χ1) is 11.3. The van der Waals surface area contributed by atoms with Gasteiger partial charge in [0.1, 0.15) is 0 Å². The van der Waals surface area contributed by atoms with Crippen LogP contribution in [0.5, 0.6) is 0 Å². The van der Waals surface area contributed by atoms with E-state index in [1.54, 1.807) is 0 Å². The van der Waals surface area contributed by atoms with Crippen LogP contribution in [0.4, 0.5) is 0 Å². The molecule has 3 nitrogen and oxygen atoms in total. The summed E-state index contributed by atoms with van der Waals surface area (Å²) in [5, 5.41) is 17.1. The Morgan fingerprint density at radius 3 is 2.00 bits per heavy atom. The van der Waals surface area contributed by atoms with Crippen LogP contribution in [0.3, 0.4) is 0 Å². The minimum Gasteiger partial charge on any atom is -0.481 e. The van der Waals surface area contributed by atoms with E-state index in [0.717, 1.165) is 51.4 Å². The molecule has 0 atom stereocenters. The minimum atomic E-state index is -0.725. The van der Waals surface area contributed by atoms with Crippen LogP contribution < -0.4 is 0 Å². The van der Waals surface area contributed by atoms with Crippen molar-refractivity contribution in [2.75, 3.05) is 6.61 Å². The van der Waals surface area contributed by atoms with Crippen molar-refractivity contribution >= 4 is 5.97 Å². The molecule has 0 rings (SSSR count). The molecule has 0 aliphatic rings. The van der Waals surface area contributed by atoms with Crippen molar-refractivity contribution in [1.29, 1.82) is 0 Å². The lowest BCUT2D eigenvalue weighted by atomic mass is 10.2. The van der Waals surface area contributed by atoms with Gasteiger partial charge in [-0.05, 0) is 51.4 Å². The largest absolute Gasteiger partial charge is 0.481 e. The van der Waals surface area contributed by atoms with Gasteiger partial charge in [0.25, 0.3) is 0 Å². The van der Waals surface area contributed by atoms with Gasteiger partial charge in [-0.25, -0.2) is 0 Å². The summed E-state index contributed by atoms with van der Waals surface area (Å²) in [5.74, 6) is -0.725. The van der Waals surface area contributed by atoms with E-state index in [0.29, 0.717) is 13.0 Å². The van der Waals surface area contributed by atoms with E-state index < -0.39 is 5.97 Å². The maximum atomic E-state index is 10.3. The third-order valence-corrected chi connectivity index (χ3v) is 3.28. The smallest absolute Gasteiger partial charge is 0.303 e. The van der Waals surface area contributed by atoms with Crippen LogP contribution in [0.25, 0.3) is 0 Å².